The van der Waals surface area contributed by atoms with Gasteiger partial charge in [0.05, 0.1) is 0 Å². The van der Waals surface area contributed by atoms with Crippen LogP contribution in [-0.4, -0.2) is 27.4 Å². The quantitative estimate of drug-likeness (QED) is 0.805. The lowest BCUT2D eigenvalue weighted by molar-refractivity contribution is 0.465. The summed E-state index contributed by atoms with van der Waals surface area (Å²) in [6.45, 7) is 3.41. The van der Waals surface area contributed by atoms with E-state index in [2.05, 4.69) is 5.32 Å². The van der Waals surface area contributed by atoms with Gasteiger partial charge in [0.1, 0.15) is 5.75 Å². The van der Waals surface area contributed by atoms with Gasteiger partial charge in [-0.15, -0.1) is 0 Å². The molecule has 2 unspecified atom stereocenters. The maximum atomic E-state index is 11.3. The van der Waals surface area contributed by atoms with Gasteiger partial charge in [0, 0.05) is 34.4 Å². The summed E-state index contributed by atoms with van der Waals surface area (Å²) < 4.78 is 11.3. The molecular weight excluding hydrogens is 270 g/mol. The van der Waals surface area contributed by atoms with Crippen LogP contribution in [0.4, 0.5) is 0 Å². The van der Waals surface area contributed by atoms with Crippen molar-refractivity contribution in [2.45, 2.75) is 25.1 Å². The van der Waals surface area contributed by atoms with Gasteiger partial charge >= 0.3 is 0 Å². The molecule has 3 nitrogen and oxygen atoms in total. The maximum Gasteiger partial charge on any atom is 0.120 e. The minimum absolute atomic E-state index is 0.198. The third-order valence-corrected chi connectivity index (χ3v) is 4.98. The molecule has 0 saturated carbocycles. The summed E-state index contributed by atoms with van der Waals surface area (Å²) in [4.78, 5) is 0. The van der Waals surface area contributed by atoms with Crippen LogP contribution in [0.5, 0.6) is 5.75 Å². The second-order valence-electron chi connectivity index (χ2n) is 5.06. The molecule has 0 aliphatic heterocycles. The summed E-state index contributed by atoms with van der Waals surface area (Å²) in [6.07, 6.45) is 2.61. The Morgan fingerprint density at radius 2 is 2.00 bits per heavy atom. The molecule has 0 aliphatic carbocycles. The summed E-state index contributed by atoms with van der Waals surface area (Å²) in [5, 5.41) is 15.7. The monoisotopic (exact) mass is 291 g/mol. The number of aromatic hydroxyl groups is 1. The molecule has 0 amide bonds. The van der Waals surface area contributed by atoms with Crippen LogP contribution in [0.2, 0.25) is 0 Å². The van der Waals surface area contributed by atoms with E-state index in [-0.39, 0.29) is 5.25 Å². The van der Waals surface area contributed by atoms with Crippen molar-refractivity contribution in [2.75, 3.05) is 12.8 Å². The highest BCUT2D eigenvalue weighted by Crippen LogP contribution is 2.26. The Kier molecular flexibility index (Phi) is 5.15. The molecule has 2 rings (SSSR count). The second-order valence-corrected chi connectivity index (χ2v) is 6.86. The minimum atomic E-state index is -0.774. The van der Waals surface area contributed by atoms with Gasteiger partial charge in [-0.3, -0.25) is 4.21 Å². The molecule has 0 radical (unpaired) electrons. The fourth-order valence-corrected chi connectivity index (χ4v) is 2.64. The van der Waals surface area contributed by atoms with Crippen LogP contribution >= 0.6 is 0 Å². The van der Waals surface area contributed by atoms with Gasteiger partial charge in [-0.1, -0.05) is 37.3 Å². The molecule has 0 bridgehead atoms. The lowest BCUT2D eigenvalue weighted by Crippen LogP contribution is -2.21. The Morgan fingerprint density at radius 1 is 1.25 bits per heavy atom. The fourth-order valence-electron chi connectivity index (χ4n) is 2.19. The molecule has 2 atom stereocenters. The van der Waals surface area contributed by atoms with Crippen LogP contribution in [0.3, 0.4) is 0 Å². The summed E-state index contributed by atoms with van der Waals surface area (Å²) in [5.74, 6) is 0.323. The molecule has 0 spiro atoms. The SMILES string of the molecule is CC(CCNCc1c(O)ccc2ccccc12)S(C)=O. The summed E-state index contributed by atoms with van der Waals surface area (Å²) >= 11 is 0. The predicted molar refractivity (Wildman–Crippen MR) is 85.5 cm³/mol. The van der Waals surface area contributed by atoms with E-state index in [9.17, 15) is 9.32 Å². The lowest BCUT2D eigenvalue weighted by Gasteiger charge is -2.12. The number of benzene rings is 2. The number of hydrogen-bond donors (Lipinski definition) is 2. The highest BCUT2D eigenvalue weighted by molar-refractivity contribution is 7.84. The van der Waals surface area contributed by atoms with E-state index in [0.717, 1.165) is 29.3 Å². The third kappa shape index (κ3) is 3.58. The molecule has 0 saturated heterocycles. The number of phenolic OH excluding ortho intramolecular Hbond substituents is 1. The topological polar surface area (TPSA) is 49.3 Å². The van der Waals surface area contributed by atoms with Crippen molar-refractivity contribution in [1.82, 2.24) is 5.32 Å². The molecule has 108 valence electrons. The normalized spacial score (nSPS) is 14.3. The fraction of sp³-hybridized carbons (Fsp3) is 0.375. The maximum absolute atomic E-state index is 11.3. The van der Waals surface area contributed by atoms with E-state index in [0.29, 0.717) is 12.3 Å². The summed E-state index contributed by atoms with van der Waals surface area (Å²) in [7, 11) is -0.774. The van der Waals surface area contributed by atoms with E-state index >= 15 is 0 Å². The molecule has 0 fully saturated rings. The van der Waals surface area contributed by atoms with Crippen molar-refractivity contribution in [3.63, 3.8) is 0 Å². The first kappa shape index (κ1) is 15.0. The summed E-state index contributed by atoms with van der Waals surface area (Å²) in [6, 6.07) is 11.7. The van der Waals surface area contributed by atoms with Gasteiger partial charge in [0.25, 0.3) is 0 Å². The Bertz CT molecular complexity index is 612. The second kappa shape index (κ2) is 6.86. The first-order valence-electron chi connectivity index (χ1n) is 6.82. The van der Waals surface area contributed by atoms with E-state index in [4.69, 9.17) is 0 Å². The molecule has 20 heavy (non-hydrogen) atoms. The third-order valence-electron chi connectivity index (χ3n) is 3.61. The van der Waals surface area contributed by atoms with Gasteiger partial charge in [-0.2, -0.15) is 0 Å². The van der Waals surface area contributed by atoms with Crippen molar-refractivity contribution in [3.05, 3.63) is 42.0 Å². The van der Waals surface area contributed by atoms with Crippen LogP contribution in [-0.2, 0) is 17.3 Å². The van der Waals surface area contributed by atoms with Crippen LogP contribution in [0.1, 0.15) is 18.9 Å². The van der Waals surface area contributed by atoms with Crippen molar-refractivity contribution in [3.8, 4) is 5.75 Å². The number of phenols is 1. The Balaban J connectivity index is 2.03. The van der Waals surface area contributed by atoms with Crippen molar-refractivity contribution in [2.24, 2.45) is 0 Å². The number of fused-ring (bicyclic) bond motifs is 1. The molecule has 2 aromatic rings. The van der Waals surface area contributed by atoms with Gasteiger partial charge in [-0.25, -0.2) is 0 Å². The standard InChI is InChI=1S/C16H21NO2S/c1-12(20(2)19)9-10-17-11-15-14-6-4-3-5-13(14)7-8-16(15)18/h3-8,12,17-18H,9-11H2,1-2H3. The highest BCUT2D eigenvalue weighted by atomic mass is 32.2. The first-order valence-corrected chi connectivity index (χ1v) is 8.44. The van der Waals surface area contributed by atoms with Crippen molar-refractivity contribution < 1.29 is 9.32 Å². The van der Waals surface area contributed by atoms with Crippen molar-refractivity contribution in [1.29, 1.82) is 0 Å². The van der Waals surface area contributed by atoms with Crippen LogP contribution in [0.25, 0.3) is 10.8 Å². The van der Waals surface area contributed by atoms with Crippen LogP contribution in [0.15, 0.2) is 36.4 Å². The average Bonchev–Trinajstić information content (AvgIpc) is 2.45. The number of rotatable bonds is 6. The van der Waals surface area contributed by atoms with Gasteiger partial charge in [0.2, 0.25) is 0 Å². The number of nitrogens with one attached hydrogen (secondary N) is 1. The lowest BCUT2D eigenvalue weighted by atomic mass is 10.0. The molecule has 2 N–H and O–H groups in total. The van der Waals surface area contributed by atoms with E-state index in [1.54, 1.807) is 12.3 Å². The van der Waals surface area contributed by atoms with Gasteiger partial charge in [0.15, 0.2) is 0 Å². The molecular formula is C16H21NO2S. The minimum Gasteiger partial charge on any atom is -0.508 e. The smallest absolute Gasteiger partial charge is 0.120 e. The molecule has 0 heterocycles. The Morgan fingerprint density at radius 3 is 2.75 bits per heavy atom. The zero-order valence-corrected chi connectivity index (χ0v) is 12.7. The molecule has 0 aromatic heterocycles. The Hall–Kier alpha value is -1.39. The highest BCUT2D eigenvalue weighted by Gasteiger charge is 2.08. The van der Waals surface area contributed by atoms with Crippen LogP contribution < -0.4 is 5.32 Å². The van der Waals surface area contributed by atoms with E-state index in [1.165, 1.54) is 0 Å². The Labute approximate surface area is 122 Å². The van der Waals surface area contributed by atoms with Crippen LogP contribution in [0, 0.1) is 0 Å². The first-order chi connectivity index (χ1) is 9.59. The van der Waals surface area contributed by atoms with Gasteiger partial charge in [-0.05, 0) is 29.8 Å². The van der Waals surface area contributed by atoms with Gasteiger partial charge < -0.3 is 10.4 Å². The number of hydrogen-bond acceptors (Lipinski definition) is 3. The van der Waals surface area contributed by atoms with E-state index in [1.807, 2.05) is 37.3 Å². The zero-order chi connectivity index (χ0) is 14.5. The largest absolute Gasteiger partial charge is 0.508 e. The summed E-state index contributed by atoms with van der Waals surface area (Å²) in [5.41, 5.74) is 0.924. The van der Waals surface area contributed by atoms with Crippen molar-refractivity contribution >= 4 is 21.6 Å². The molecule has 0 aliphatic rings. The predicted octanol–water partition coefficient (Wildman–Crippen LogP) is 2.79. The molecule has 2 aromatic carbocycles. The van der Waals surface area contributed by atoms with E-state index < -0.39 is 10.8 Å². The zero-order valence-electron chi connectivity index (χ0n) is 11.9. The average molecular weight is 291 g/mol. The molecule has 4 heteroatoms.